The number of hydrogen-bond acceptors (Lipinski definition) is 1. The van der Waals surface area contributed by atoms with Crippen molar-refractivity contribution in [1.29, 1.82) is 0 Å². The van der Waals surface area contributed by atoms with Crippen LogP contribution >= 0.6 is 0 Å². The topological polar surface area (TPSA) is 17.1 Å². The molecule has 0 N–H and O–H groups in total. The lowest BCUT2D eigenvalue weighted by molar-refractivity contribution is -0.125. The molecule has 0 aliphatic heterocycles. The Labute approximate surface area is 92.9 Å². The highest BCUT2D eigenvalue weighted by atomic mass is 16.1. The maximum atomic E-state index is 12.1. The number of rotatable bonds is 0. The molecule has 0 aromatic heterocycles. The van der Waals surface area contributed by atoms with Gasteiger partial charge in [-0.05, 0) is 38.0 Å². The van der Waals surface area contributed by atoms with Crippen molar-refractivity contribution in [2.75, 3.05) is 0 Å². The summed E-state index contributed by atoms with van der Waals surface area (Å²) in [5, 5.41) is 0. The molecular weight excluding hydrogens is 184 g/mol. The number of Topliss-reactive ketones (excluding diaryl/α,β-unsaturated/α-hetero) is 1. The summed E-state index contributed by atoms with van der Waals surface area (Å²) >= 11 is 0. The van der Waals surface area contributed by atoms with Crippen LogP contribution in [0, 0.1) is 16.7 Å². The van der Waals surface area contributed by atoms with Crippen LogP contribution in [0.15, 0.2) is 11.1 Å². The molecule has 2 atom stereocenters. The number of hydrogen-bond donors (Lipinski definition) is 0. The fourth-order valence-electron chi connectivity index (χ4n) is 3.94. The van der Waals surface area contributed by atoms with Crippen LogP contribution < -0.4 is 0 Å². The first-order chi connectivity index (χ1) is 6.79. The van der Waals surface area contributed by atoms with Gasteiger partial charge in [0.25, 0.3) is 0 Å². The third-order valence-electron chi connectivity index (χ3n) is 4.88. The number of allylic oxidation sites excluding steroid dienone is 2. The van der Waals surface area contributed by atoms with Gasteiger partial charge in [-0.1, -0.05) is 31.9 Å². The van der Waals surface area contributed by atoms with E-state index in [0.717, 1.165) is 6.42 Å². The average molecular weight is 206 g/mol. The van der Waals surface area contributed by atoms with E-state index in [-0.39, 0.29) is 10.8 Å². The van der Waals surface area contributed by atoms with Gasteiger partial charge in [-0.15, -0.1) is 0 Å². The lowest BCUT2D eigenvalue weighted by Crippen LogP contribution is -2.35. The summed E-state index contributed by atoms with van der Waals surface area (Å²) < 4.78 is 0. The first-order valence-corrected chi connectivity index (χ1v) is 5.98. The molecule has 0 radical (unpaired) electrons. The second-order valence-electron chi connectivity index (χ2n) is 6.37. The molecule has 2 rings (SSSR count). The molecule has 0 heterocycles. The molecule has 0 spiro atoms. The van der Waals surface area contributed by atoms with E-state index < -0.39 is 0 Å². The van der Waals surface area contributed by atoms with Gasteiger partial charge in [0.2, 0.25) is 0 Å². The molecule has 0 bridgehead atoms. The van der Waals surface area contributed by atoms with Gasteiger partial charge in [0, 0.05) is 11.8 Å². The third kappa shape index (κ3) is 1.32. The third-order valence-corrected chi connectivity index (χ3v) is 4.88. The fourth-order valence-corrected chi connectivity index (χ4v) is 3.94. The molecule has 1 nitrogen and oxygen atoms in total. The first-order valence-electron chi connectivity index (χ1n) is 5.98. The van der Waals surface area contributed by atoms with Gasteiger partial charge in [0.05, 0.1) is 0 Å². The maximum absolute atomic E-state index is 12.1. The molecule has 0 saturated heterocycles. The van der Waals surface area contributed by atoms with Crippen molar-refractivity contribution in [2.24, 2.45) is 16.7 Å². The molecule has 1 heteroatoms. The van der Waals surface area contributed by atoms with Gasteiger partial charge < -0.3 is 0 Å². The lowest BCUT2D eigenvalue weighted by Gasteiger charge is -2.42. The zero-order valence-electron chi connectivity index (χ0n) is 10.6. The van der Waals surface area contributed by atoms with Crippen molar-refractivity contribution in [3.05, 3.63) is 11.1 Å². The van der Waals surface area contributed by atoms with E-state index in [1.165, 1.54) is 24.0 Å². The second-order valence-corrected chi connectivity index (χ2v) is 6.37. The van der Waals surface area contributed by atoms with E-state index in [9.17, 15) is 4.79 Å². The summed E-state index contributed by atoms with van der Waals surface area (Å²) in [7, 11) is 0. The molecule has 2 aliphatic rings. The van der Waals surface area contributed by atoms with Crippen molar-refractivity contribution in [1.82, 2.24) is 0 Å². The largest absolute Gasteiger partial charge is 0.299 e. The minimum absolute atomic E-state index is 0.138. The molecule has 84 valence electrons. The van der Waals surface area contributed by atoms with E-state index in [2.05, 4.69) is 34.6 Å². The van der Waals surface area contributed by atoms with Gasteiger partial charge in [-0.2, -0.15) is 0 Å². The maximum Gasteiger partial charge on any atom is 0.139 e. The molecule has 0 aromatic rings. The highest BCUT2D eigenvalue weighted by molar-refractivity contribution is 5.88. The monoisotopic (exact) mass is 206 g/mol. The second kappa shape index (κ2) is 2.96. The standard InChI is InChI=1S/C14H22O/c1-9-6-7-14(5)8-11(15)13(3,4)12(14)10(9)2/h12H,6-8H2,1-5H3/t12-,14+/m1/s1. The van der Waals surface area contributed by atoms with Crippen LogP contribution in [0.5, 0.6) is 0 Å². The van der Waals surface area contributed by atoms with Crippen LogP contribution in [0.4, 0.5) is 0 Å². The number of ketones is 1. The molecule has 15 heavy (non-hydrogen) atoms. The Morgan fingerprint density at radius 3 is 2.40 bits per heavy atom. The summed E-state index contributed by atoms with van der Waals surface area (Å²) in [5.74, 6) is 0.940. The van der Waals surface area contributed by atoms with Crippen LogP contribution in [0.1, 0.15) is 53.9 Å². The number of carbonyl (C=O) groups is 1. The van der Waals surface area contributed by atoms with E-state index in [1.807, 2.05) is 0 Å². The van der Waals surface area contributed by atoms with Crippen LogP contribution in [0.25, 0.3) is 0 Å². The minimum atomic E-state index is -0.138. The van der Waals surface area contributed by atoms with Crippen molar-refractivity contribution in [3.63, 3.8) is 0 Å². The Kier molecular flexibility index (Phi) is 2.15. The van der Waals surface area contributed by atoms with Crippen molar-refractivity contribution in [3.8, 4) is 0 Å². The predicted octanol–water partition coefficient (Wildman–Crippen LogP) is 3.74. The Morgan fingerprint density at radius 2 is 1.80 bits per heavy atom. The Morgan fingerprint density at radius 1 is 1.20 bits per heavy atom. The van der Waals surface area contributed by atoms with Crippen molar-refractivity contribution < 1.29 is 4.79 Å². The average Bonchev–Trinajstić information content (AvgIpc) is 2.29. The van der Waals surface area contributed by atoms with Crippen LogP contribution in [0.3, 0.4) is 0 Å². The molecular formula is C14H22O. The zero-order chi connectivity index (χ0) is 11.4. The summed E-state index contributed by atoms with van der Waals surface area (Å²) in [6.07, 6.45) is 3.16. The van der Waals surface area contributed by atoms with Crippen LogP contribution in [0.2, 0.25) is 0 Å². The van der Waals surface area contributed by atoms with Crippen LogP contribution in [-0.4, -0.2) is 5.78 Å². The van der Waals surface area contributed by atoms with Gasteiger partial charge in [0.1, 0.15) is 5.78 Å². The first kappa shape index (κ1) is 10.9. The summed E-state index contributed by atoms with van der Waals surface area (Å²) in [5.41, 5.74) is 3.10. The molecule has 0 unspecified atom stereocenters. The van der Waals surface area contributed by atoms with E-state index in [1.54, 1.807) is 0 Å². The van der Waals surface area contributed by atoms with Gasteiger partial charge in [-0.25, -0.2) is 0 Å². The Hall–Kier alpha value is -0.590. The Balaban J connectivity index is 2.53. The quantitative estimate of drug-likeness (QED) is 0.552. The summed E-state index contributed by atoms with van der Waals surface area (Å²) in [6.45, 7) is 11.0. The highest BCUT2D eigenvalue weighted by Gasteiger charge is 2.56. The van der Waals surface area contributed by atoms with Crippen LogP contribution in [-0.2, 0) is 4.79 Å². The van der Waals surface area contributed by atoms with Gasteiger partial charge in [-0.3, -0.25) is 4.79 Å². The van der Waals surface area contributed by atoms with E-state index in [0.29, 0.717) is 11.7 Å². The summed E-state index contributed by atoms with van der Waals surface area (Å²) in [6, 6.07) is 0. The lowest BCUT2D eigenvalue weighted by atomic mass is 9.62. The van der Waals surface area contributed by atoms with Gasteiger partial charge in [0.15, 0.2) is 0 Å². The van der Waals surface area contributed by atoms with Crippen molar-refractivity contribution >= 4 is 5.78 Å². The summed E-state index contributed by atoms with van der Waals surface area (Å²) in [4.78, 5) is 12.1. The predicted molar refractivity (Wildman–Crippen MR) is 62.6 cm³/mol. The van der Waals surface area contributed by atoms with E-state index >= 15 is 0 Å². The highest BCUT2D eigenvalue weighted by Crippen LogP contribution is 2.59. The van der Waals surface area contributed by atoms with E-state index in [4.69, 9.17) is 0 Å². The molecule has 1 fully saturated rings. The SMILES string of the molecule is CC1=C(C)[C@@H]2C(C)(C)C(=O)C[C@]2(C)CC1. The van der Waals surface area contributed by atoms with Gasteiger partial charge >= 0.3 is 0 Å². The molecule has 2 aliphatic carbocycles. The number of fused-ring (bicyclic) bond motifs is 1. The number of carbonyl (C=O) groups excluding carboxylic acids is 1. The zero-order valence-corrected chi connectivity index (χ0v) is 10.6. The molecule has 1 saturated carbocycles. The smallest absolute Gasteiger partial charge is 0.139 e. The fraction of sp³-hybridized carbons (Fsp3) is 0.786. The Bertz CT molecular complexity index is 348. The molecule has 0 amide bonds. The minimum Gasteiger partial charge on any atom is -0.299 e. The normalized spacial score (nSPS) is 39.5. The van der Waals surface area contributed by atoms with Crippen molar-refractivity contribution in [2.45, 2.75) is 53.9 Å². The molecule has 0 aromatic carbocycles.